The average Bonchev–Trinajstić information content (AvgIpc) is 3.06. The Morgan fingerprint density at radius 1 is 1.12 bits per heavy atom. The van der Waals surface area contributed by atoms with Gasteiger partial charge >= 0.3 is 0 Å². The monoisotopic (exact) mass is 330 g/mol. The fraction of sp³-hybridized carbons (Fsp3) is 0.619. The number of hydrogen-bond acceptors (Lipinski definition) is 3. The first kappa shape index (κ1) is 17.3. The lowest BCUT2D eigenvalue weighted by Gasteiger charge is -2.28. The third-order valence-corrected chi connectivity index (χ3v) is 5.16. The van der Waals surface area contributed by atoms with E-state index in [9.17, 15) is 0 Å². The van der Waals surface area contributed by atoms with Crippen molar-refractivity contribution < 1.29 is 14.2 Å². The number of ether oxygens (including phenoxy) is 3. The Morgan fingerprint density at radius 3 is 2.75 bits per heavy atom. The fourth-order valence-corrected chi connectivity index (χ4v) is 3.57. The molecule has 2 aliphatic rings. The summed E-state index contributed by atoms with van der Waals surface area (Å²) < 4.78 is 16.8. The van der Waals surface area contributed by atoms with E-state index in [1.165, 1.54) is 38.5 Å². The molecule has 0 amide bonds. The van der Waals surface area contributed by atoms with Crippen LogP contribution in [-0.4, -0.2) is 19.0 Å². The lowest BCUT2D eigenvalue weighted by molar-refractivity contribution is -0.0124. The predicted octanol–water partition coefficient (Wildman–Crippen LogP) is 5.58. The van der Waals surface area contributed by atoms with Crippen molar-refractivity contribution in [1.82, 2.24) is 0 Å². The highest BCUT2D eigenvalue weighted by Gasteiger charge is 2.21. The zero-order chi connectivity index (χ0) is 16.8. The number of fused-ring (bicyclic) bond motifs is 1. The molecular weight excluding hydrogens is 300 g/mol. The van der Waals surface area contributed by atoms with Crippen molar-refractivity contribution in [2.24, 2.45) is 5.92 Å². The maximum atomic E-state index is 6.09. The SMILES string of the molecule is CC(C)(CCC1CCCCC1)OC/C=C/c1ccc2c(c1)OCO2. The lowest BCUT2D eigenvalue weighted by Crippen LogP contribution is -2.25. The van der Waals surface area contributed by atoms with Gasteiger partial charge in [0.05, 0.1) is 12.2 Å². The second-order valence-electron chi connectivity index (χ2n) is 7.63. The summed E-state index contributed by atoms with van der Waals surface area (Å²) in [5.74, 6) is 2.57. The van der Waals surface area contributed by atoms with Crippen LogP contribution in [-0.2, 0) is 4.74 Å². The largest absolute Gasteiger partial charge is 0.454 e. The molecule has 1 saturated carbocycles. The van der Waals surface area contributed by atoms with Crippen LogP contribution in [0.25, 0.3) is 6.08 Å². The Bertz CT molecular complexity index is 556. The summed E-state index contributed by atoms with van der Waals surface area (Å²) >= 11 is 0. The molecule has 1 aromatic carbocycles. The van der Waals surface area contributed by atoms with Gasteiger partial charge in [0.2, 0.25) is 6.79 Å². The molecule has 0 N–H and O–H groups in total. The van der Waals surface area contributed by atoms with E-state index in [0.717, 1.165) is 29.4 Å². The molecule has 3 heteroatoms. The summed E-state index contributed by atoms with van der Waals surface area (Å²) in [6.45, 7) is 5.39. The van der Waals surface area contributed by atoms with Gasteiger partial charge in [-0.25, -0.2) is 0 Å². The molecule has 0 aromatic heterocycles. The van der Waals surface area contributed by atoms with Crippen molar-refractivity contribution in [2.45, 2.75) is 64.4 Å². The highest BCUT2D eigenvalue weighted by atomic mass is 16.7. The second-order valence-corrected chi connectivity index (χ2v) is 7.63. The zero-order valence-corrected chi connectivity index (χ0v) is 15.1. The van der Waals surface area contributed by atoms with Crippen LogP contribution in [0.1, 0.15) is 64.4 Å². The molecule has 3 rings (SSSR count). The Kier molecular flexibility index (Phi) is 5.83. The molecule has 0 radical (unpaired) electrons. The maximum absolute atomic E-state index is 6.09. The Hall–Kier alpha value is -1.48. The second kappa shape index (κ2) is 8.06. The van der Waals surface area contributed by atoms with E-state index >= 15 is 0 Å². The third-order valence-electron chi connectivity index (χ3n) is 5.16. The van der Waals surface area contributed by atoms with Crippen LogP contribution in [0.5, 0.6) is 11.5 Å². The van der Waals surface area contributed by atoms with E-state index < -0.39 is 0 Å². The molecular formula is C21H30O3. The highest BCUT2D eigenvalue weighted by Crippen LogP contribution is 2.33. The molecule has 1 aromatic rings. The minimum Gasteiger partial charge on any atom is -0.454 e. The van der Waals surface area contributed by atoms with Crippen molar-refractivity contribution in [2.75, 3.05) is 13.4 Å². The van der Waals surface area contributed by atoms with E-state index in [1.807, 2.05) is 18.2 Å². The topological polar surface area (TPSA) is 27.7 Å². The van der Waals surface area contributed by atoms with E-state index in [1.54, 1.807) is 0 Å². The van der Waals surface area contributed by atoms with Crippen LogP contribution in [0.3, 0.4) is 0 Å². The molecule has 0 saturated heterocycles. The van der Waals surface area contributed by atoms with Crippen LogP contribution < -0.4 is 9.47 Å². The fourth-order valence-electron chi connectivity index (χ4n) is 3.57. The summed E-state index contributed by atoms with van der Waals surface area (Å²) in [6.07, 6.45) is 13.7. The summed E-state index contributed by atoms with van der Waals surface area (Å²) in [6, 6.07) is 6.00. The zero-order valence-electron chi connectivity index (χ0n) is 15.1. The Labute approximate surface area is 146 Å². The molecule has 1 fully saturated rings. The lowest BCUT2D eigenvalue weighted by atomic mass is 9.84. The summed E-state index contributed by atoms with van der Waals surface area (Å²) in [5.41, 5.74) is 1.07. The van der Waals surface area contributed by atoms with Crippen molar-refractivity contribution in [3.05, 3.63) is 29.8 Å². The van der Waals surface area contributed by atoms with Crippen molar-refractivity contribution in [1.29, 1.82) is 0 Å². The minimum atomic E-state index is -0.0450. The smallest absolute Gasteiger partial charge is 0.231 e. The molecule has 1 aliphatic carbocycles. The molecule has 0 unspecified atom stereocenters. The van der Waals surface area contributed by atoms with Crippen LogP contribution in [0.15, 0.2) is 24.3 Å². The minimum absolute atomic E-state index is 0.0450. The van der Waals surface area contributed by atoms with Gasteiger partial charge in [0.1, 0.15) is 0 Å². The first-order valence-electron chi connectivity index (χ1n) is 9.32. The van der Waals surface area contributed by atoms with Crippen LogP contribution >= 0.6 is 0 Å². The number of hydrogen-bond donors (Lipinski definition) is 0. The molecule has 0 atom stereocenters. The van der Waals surface area contributed by atoms with E-state index in [0.29, 0.717) is 13.4 Å². The standard InChI is InChI=1S/C21H30O3/c1-21(2,13-12-17-7-4-3-5-8-17)24-14-6-9-18-10-11-19-20(15-18)23-16-22-19/h6,9-11,15,17H,3-5,7-8,12-14,16H2,1-2H3/b9-6+. The van der Waals surface area contributed by atoms with Gasteiger partial charge < -0.3 is 14.2 Å². The van der Waals surface area contributed by atoms with Gasteiger partial charge in [-0.2, -0.15) is 0 Å². The predicted molar refractivity (Wildman–Crippen MR) is 97.4 cm³/mol. The van der Waals surface area contributed by atoms with Crippen molar-refractivity contribution >= 4 is 6.08 Å². The van der Waals surface area contributed by atoms with Crippen LogP contribution in [0.4, 0.5) is 0 Å². The third kappa shape index (κ3) is 5.01. The molecule has 0 spiro atoms. The maximum Gasteiger partial charge on any atom is 0.231 e. The number of benzene rings is 1. The molecule has 0 bridgehead atoms. The van der Waals surface area contributed by atoms with Gasteiger partial charge in [-0.1, -0.05) is 50.3 Å². The van der Waals surface area contributed by atoms with Gasteiger partial charge in [0.15, 0.2) is 11.5 Å². The molecule has 1 aliphatic heterocycles. The van der Waals surface area contributed by atoms with Gasteiger partial charge in [-0.3, -0.25) is 0 Å². The molecule has 24 heavy (non-hydrogen) atoms. The van der Waals surface area contributed by atoms with E-state index in [2.05, 4.69) is 26.0 Å². The van der Waals surface area contributed by atoms with Crippen LogP contribution in [0.2, 0.25) is 0 Å². The average molecular weight is 330 g/mol. The van der Waals surface area contributed by atoms with Gasteiger partial charge in [-0.05, 0) is 50.3 Å². The highest BCUT2D eigenvalue weighted by molar-refractivity contribution is 5.56. The normalized spacial score (nSPS) is 18.4. The summed E-state index contributed by atoms with van der Waals surface area (Å²) in [7, 11) is 0. The van der Waals surface area contributed by atoms with Gasteiger partial charge in [0.25, 0.3) is 0 Å². The number of rotatable bonds is 7. The first-order chi connectivity index (χ1) is 11.6. The summed E-state index contributed by atoms with van der Waals surface area (Å²) in [5, 5.41) is 0. The Balaban J connectivity index is 1.41. The van der Waals surface area contributed by atoms with E-state index in [4.69, 9.17) is 14.2 Å². The molecule has 3 nitrogen and oxygen atoms in total. The summed E-state index contributed by atoms with van der Waals surface area (Å²) in [4.78, 5) is 0. The quantitative estimate of drug-likeness (QED) is 0.653. The first-order valence-corrected chi connectivity index (χ1v) is 9.32. The van der Waals surface area contributed by atoms with Crippen LogP contribution in [0, 0.1) is 5.92 Å². The van der Waals surface area contributed by atoms with E-state index in [-0.39, 0.29) is 5.60 Å². The van der Waals surface area contributed by atoms with Crippen molar-refractivity contribution in [3.63, 3.8) is 0 Å². The van der Waals surface area contributed by atoms with Gasteiger partial charge in [0, 0.05) is 0 Å². The van der Waals surface area contributed by atoms with Crippen molar-refractivity contribution in [3.8, 4) is 11.5 Å². The Morgan fingerprint density at radius 2 is 1.92 bits per heavy atom. The molecule has 1 heterocycles. The van der Waals surface area contributed by atoms with Gasteiger partial charge in [-0.15, -0.1) is 0 Å². The molecule has 132 valence electrons.